The van der Waals surface area contributed by atoms with Crippen LogP contribution in [0.4, 0.5) is 0 Å². The largest absolute Gasteiger partial charge is 0.394 e. The number of aliphatic hydroxyl groups is 1. The van der Waals surface area contributed by atoms with Gasteiger partial charge in [-0.2, -0.15) is 0 Å². The number of nitrogens with zero attached hydrogens (tertiary/aromatic N) is 2. The van der Waals surface area contributed by atoms with E-state index in [1.165, 1.54) is 11.9 Å². The monoisotopic (exact) mass is 259 g/mol. The van der Waals surface area contributed by atoms with Crippen molar-refractivity contribution in [3.63, 3.8) is 0 Å². The summed E-state index contributed by atoms with van der Waals surface area (Å²) in [6, 6.07) is 8.23. The third-order valence-corrected chi connectivity index (χ3v) is 4.28. The summed E-state index contributed by atoms with van der Waals surface area (Å²) in [6.45, 7) is 4.01. The molecule has 1 heterocycles. The Hall–Kier alpha value is -1.39. The van der Waals surface area contributed by atoms with E-state index in [2.05, 4.69) is 35.0 Å². The highest BCUT2D eigenvalue weighted by molar-refractivity contribution is 5.75. The van der Waals surface area contributed by atoms with E-state index in [4.69, 9.17) is 4.98 Å². The van der Waals surface area contributed by atoms with Crippen molar-refractivity contribution in [1.82, 2.24) is 14.9 Å². The third kappa shape index (κ3) is 2.15. The molecule has 0 saturated heterocycles. The van der Waals surface area contributed by atoms with E-state index in [-0.39, 0.29) is 12.1 Å². The fourth-order valence-corrected chi connectivity index (χ4v) is 2.87. The maximum atomic E-state index is 9.49. The molecule has 4 nitrogen and oxygen atoms in total. The number of hydrogen-bond acceptors (Lipinski definition) is 3. The van der Waals surface area contributed by atoms with Crippen molar-refractivity contribution in [3.05, 3.63) is 30.1 Å². The van der Waals surface area contributed by atoms with Crippen LogP contribution < -0.4 is 5.32 Å². The summed E-state index contributed by atoms with van der Waals surface area (Å²) in [5.74, 6) is 1.06. The molecule has 19 heavy (non-hydrogen) atoms. The molecule has 3 rings (SSSR count). The molecular weight excluding hydrogens is 238 g/mol. The zero-order valence-electron chi connectivity index (χ0n) is 11.4. The fraction of sp³-hybridized carbons (Fsp3) is 0.533. The predicted molar refractivity (Wildman–Crippen MR) is 75.9 cm³/mol. The summed E-state index contributed by atoms with van der Waals surface area (Å²) in [6.07, 6.45) is 3.34. The van der Waals surface area contributed by atoms with Crippen molar-refractivity contribution < 1.29 is 5.11 Å². The Labute approximate surface area is 113 Å². The van der Waals surface area contributed by atoms with E-state index in [0.29, 0.717) is 0 Å². The van der Waals surface area contributed by atoms with Crippen molar-refractivity contribution in [2.75, 3.05) is 6.61 Å². The van der Waals surface area contributed by atoms with Gasteiger partial charge in [0.25, 0.3) is 0 Å². The van der Waals surface area contributed by atoms with Crippen LogP contribution in [0.2, 0.25) is 0 Å². The van der Waals surface area contributed by atoms with Gasteiger partial charge in [0.05, 0.1) is 24.2 Å². The van der Waals surface area contributed by atoms with E-state index in [1.807, 2.05) is 6.07 Å². The lowest BCUT2D eigenvalue weighted by atomic mass is 9.77. The van der Waals surface area contributed by atoms with Gasteiger partial charge in [0.1, 0.15) is 5.82 Å². The highest BCUT2D eigenvalue weighted by Gasteiger charge is 2.35. The fourth-order valence-electron chi connectivity index (χ4n) is 2.87. The zero-order chi connectivity index (χ0) is 13.3. The van der Waals surface area contributed by atoms with Crippen molar-refractivity contribution in [3.8, 4) is 0 Å². The summed E-state index contributed by atoms with van der Waals surface area (Å²) in [5, 5.41) is 13.0. The van der Waals surface area contributed by atoms with E-state index in [0.717, 1.165) is 37.3 Å². The minimum Gasteiger partial charge on any atom is -0.394 e. The van der Waals surface area contributed by atoms with E-state index in [9.17, 15) is 5.11 Å². The normalized spacial score (nSPS) is 17.6. The molecule has 1 fully saturated rings. The molecule has 1 aromatic heterocycles. The Morgan fingerprint density at radius 2 is 2.16 bits per heavy atom. The van der Waals surface area contributed by atoms with Crippen LogP contribution in [0.25, 0.3) is 11.0 Å². The Kier molecular flexibility index (Phi) is 3.29. The number of nitrogens with one attached hydrogen (secondary N) is 1. The van der Waals surface area contributed by atoms with Gasteiger partial charge in [-0.3, -0.25) is 0 Å². The van der Waals surface area contributed by atoms with Gasteiger partial charge < -0.3 is 15.0 Å². The molecule has 0 aliphatic heterocycles. The highest BCUT2D eigenvalue weighted by Crippen LogP contribution is 2.31. The molecule has 0 atom stereocenters. The first kappa shape index (κ1) is 12.6. The molecule has 102 valence electrons. The van der Waals surface area contributed by atoms with Gasteiger partial charge in [-0.25, -0.2) is 4.98 Å². The van der Waals surface area contributed by atoms with Gasteiger partial charge in [-0.05, 0) is 38.3 Å². The van der Waals surface area contributed by atoms with Crippen LogP contribution in [-0.2, 0) is 13.1 Å². The van der Waals surface area contributed by atoms with Crippen LogP contribution >= 0.6 is 0 Å². The first-order valence-electron chi connectivity index (χ1n) is 7.08. The molecule has 1 aromatic carbocycles. The second-order valence-electron chi connectivity index (χ2n) is 5.41. The summed E-state index contributed by atoms with van der Waals surface area (Å²) >= 11 is 0. The van der Waals surface area contributed by atoms with Gasteiger partial charge in [-0.15, -0.1) is 0 Å². The summed E-state index contributed by atoms with van der Waals surface area (Å²) in [4.78, 5) is 4.70. The second-order valence-corrected chi connectivity index (χ2v) is 5.41. The standard InChI is InChI=1S/C15H21N3O/c1-2-18-13-7-4-3-6-12(13)17-14(18)10-16-15(11-19)8-5-9-15/h3-4,6-7,16,19H,2,5,8-11H2,1H3. The zero-order valence-corrected chi connectivity index (χ0v) is 11.4. The number of imidazole rings is 1. The maximum absolute atomic E-state index is 9.49. The molecule has 1 aliphatic carbocycles. The number of benzene rings is 1. The summed E-state index contributed by atoms with van der Waals surface area (Å²) < 4.78 is 2.24. The van der Waals surface area contributed by atoms with Crippen molar-refractivity contribution in [1.29, 1.82) is 0 Å². The Morgan fingerprint density at radius 1 is 1.37 bits per heavy atom. The lowest BCUT2D eigenvalue weighted by Gasteiger charge is -2.41. The van der Waals surface area contributed by atoms with Gasteiger partial charge in [0, 0.05) is 12.1 Å². The average Bonchev–Trinajstić information content (AvgIpc) is 2.75. The SMILES string of the molecule is CCn1c(CNC2(CO)CCC2)nc2ccccc21. The lowest BCUT2D eigenvalue weighted by molar-refractivity contribution is 0.0862. The molecule has 0 amide bonds. The van der Waals surface area contributed by atoms with E-state index < -0.39 is 0 Å². The van der Waals surface area contributed by atoms with Crippen LogP contribution in [0.5, 0.6) is 0 Å². The smallest absolute Gasteiger partial charge is 0.123 e. The van der Waals surface area contributed by atoms with Gasteiger partial charge >= 0.3 is 0 Å². The van der Waals surface area contributed by atoms with Crippen molar-refractivity contribution >= 4 is 11.0 Å². The van der Waals surface area contributed by atoms with Crippen molar-refractivity contribution in [2.45, 2.75) is 44.8 Å². The number of para-hydroxylation sites is 2. The molecule has 0 unspecified atom stereocenters. The molecule has 4 heteroatoms. The van der Waals surface area contributed by atoms with E-state index >= 15 is 0 Å². The number of fused-ring (bicyclic) bond motifs is 1. The first-order valence-corrected chi connectivity index (χ1v) is 7.08. The minimum atomic E-state index is -0.0588. The van der Waals surface area contributed by atoms with Gasteiger partial charge in [-0.1, -0.05) is 12.1 Å². The van der Waals surface area contributed by atoms with E-state index in [1.54, 1.807) is 0 Å². The molecule has 0 bridgehead atoms. The van der Waals surface area contributed by atoms with Crippen LogP contribution in [0.15, 0.2) is 24.3 Å². The first-order chi connectivity index (χ1) is 9.28. The maximum Gasteiger partial charge on any atom is 0.123 e. The van der Waals surface area contributed by atoms with Crippen LogP contribution in [-0.4, -0.2) is 26.8 Å². The molecule has 1 aliphatic rings. The lowest BCUT2D eigenvalue weighted by Crippen LogP contribution is -2.53. The molecular formula is C15H21N3O. The quantitative estimate of drug-likeness (QED) is 0.864. The highest BCUT2D eigenvalue weighted by atomic mass is 16.3. The minimum absolute atomic E-state index is 0.0588. The Morgan fingerprint density at radius 3 is 2.79 bits per heavy atom. The molecule has 2 aromatic rings. The number of rotatable bonds is 5. The van der Waals surface area contributed by atoms with Gasteiger partial charge in [0.15, 0.2) is 0 Å². The molecule has 1 saturated carbocycles. The van der Waals surface area contributed by atoms with Crippen LogP contribution in [0.1, 0.15) is 32.0 Å². The van der Waals surface area contributed by atoms with Crippen LogP contribution in [0, 0.1) is 0 Å². The average molecular weight is 259 g/mol. The Balaban J connectivity index is 1.84. The van der Waals surface area contributed by atoms with Crippen LogP contribution in [0.3, 0.4) is 0 Å². The number of aliphatic hydroxyl groups excluding tert-OH is 1. The number of aryl methyl sites for hydroxylation is 1. The predicted octanol–water partition coefficient (Wildman–Crippen LogP) is 2.06. The molecule has 0 radical (unpaired) electrons. The summed E-state index contributed by atoms with van der Waals surface area (Å²) in [7, 11) is 0. The van der Waals surface area contributed by atoms with Crippen molar-refractivity contribution in [2.24, 2.45) is 0 Å². The second kappa shape index (κ2) is 4.94. The number of aromatic nitrogens is 2. The Bertz CT molecular complexity index is 566. The topological polar surface area (TPSA) is 50.1 Å². The molecule has 0 spiro atoms. The molecule has 2 N–H and O–H groups in total. The summed E-state index contributed by atoms with van der Waals surface area (Å²) in [5.41, 5.74) is 2.18. The third-order valence-electron chi connectivity index (χ3n) is 4.28. The van der Waals surface area contributed by atoms with Gasteiger partial charge in [0.2, 0.25) is 0 Å². The number of hydrogen-bond donors (Lipinski definition) is 2.